The van der Waals surface area contributed by atoms with Gasteiger partial charge in [-0.2, -0.15) is 0 Å². The Bertz CT molecular complexity index is 632. The molecule has 0 N–H and O–H groups in total. The highest BCUT2D eigenvalue weighted by atomic mass is 32.2. The minimum Gasteiger partial charge on any atom is -0.447 e. The van der Waals surface area contributed by atoms with Crippen LogP contribution in [0, 0.1) is 0 Å². The number of carbonyl (C=O) groups excluding carboxylic acids is 1. The van der Waals surface area contributed by atoms with E-state index in [2.05, 4.69) is 0 Å². The molecule has 0 aliphatic carbocycles. The quantitative estimate of drug-likeness (QED) is 0.749. The fourth-order valence-corrected chi connectivity index (χ4v) is 5.26. The summed E-state index contributed by atoms with van der Waals surface area (Å²) in [5.41, 5.74) is 0.541. The van der Waals surface area contributed by atoms with E-state index in [9.17, 15) is 9.00 Å². The predicted octanol–water partition coefficient (Wildman–Crippen LogP) is 3.56. The molecule has 2 aromatic carbocycles. The zero-order valence-corrected chi connectivity index (χ0v) is 15.0. The molecular formula is C18H20O3S2. The first-order valence-electron chi connectivity index (χ1n) is 7.18. The third-order valence-electron chi connectivity index (χ3n) is 3.56. The SMILES string of the molecule is CSC(S(C)=O)C(OC(C)=O)(c1ccccc1)c1ccccc1. The van der Waals surface area contributed by atoms with E-state index in [1.165, 1.54) is 18.7 Å². The molecule has 0 spiro atoms. The lowest BCUT2D eigenvalue weighted by atomic mass is 9.87. The van der Waals surface area contributed by atoms with Gasteiger partial charge in [-0.3, -0.25) is 9.00 Å². The molecule has 5 heteroatoms. The molecule has 0 fully saturated rings. The van der Waals surface area contributed by atoms with Gasteiger partial charge in [-0.25, -0.2) is 0 Å². The van der Waals surface area contributed by atoms with Crippen LogP contribution < -0.4 is 0 Å². The molecule has 0 aliphatic rings. The van der Waals surface area contributed by atoms with Crippen molar-refractivity contribution in [1.29, 1.82) is 0 Å². The van der Waals surface area contributed by atoms with Crippen molar-refractivity contribution in [3.63, 3.8) is 0 Å². The van der Waals surface area contributed by atoms with E-state index in [0.29, 0.717) is 0 Å². The Labute approximate surface area is 143 Å². The Balaban J connectivity index is 2.78. The second-order valence-corrected chi connectivity index (χ2v) is 7.84. The highest BCUT2D eigenvalue weighted by Gasteiger charge is 2.47. The summed E-state index contributed by atoms with van der Waals surface area (Å²) >= 11 is 1.44. The lowest BCUT2D eigenvalue weighted by Crippen LogP contribution is -2.44. The van der Waals surface area contributed by atoms with Crippen LogP contribution in [0.1, 0.15) is 18.1 Å². The van der Waals surface area contributed by atoms with E-state index < -0.39 is 27.0 Å². The van der Waals surface area contributed by atoms with Crippen LogP contribution in [-0.4, -0.2) is 27.3 Å². The number of rotatable bonds is 6. The van der Waals surface area contributed by atoms with Crippen molar-refractivity contribution in [2.45, 2.75) is 17.1 Å². The highest BCUT2D eigenvalue weighted by molar-refractivity contribution is 8.10. The van der Waals surface area contributed by atoms with Gasteiger partial charge in [0.1, 0.15) is 4.58 Å². The molecule has 0 bridgehead atoms. The maximum absolute atomic E-state index is 12.4. The Kier molecular flexibility index (Phi) is 6.02. The first-order chi connectivity index (χ1) is 11.0. The Morgan fingerprint density at radius 2 is 1.48 bits per heavy atom. The molecular weight excluding hydrogens is 328 g/mol. The van der Waals surface area contributed by atoms with E-state index in [4.69, 9.17) is 4.74 Å². The van der Waals surface area contributed by atoms with Crippen molar-refractivity contribution in [2.24, 2.45) is 0 Å². The van der Waals surface area contributed by atoms with E-state index >= 15 is 0 Å². The Morgan fingerprint density at radius 3 is 1.78 bits per heavy atom. The number of ether oxygens (including phenoxy) is 1. The van der Waals surface area contributed by atoms with Crippen molar-refractivity contribution in [3.8, 4) is 0 Å². The standard InChI is InChI=1S/C18H20O3S2/c1-14(19)21-18(17(22-2)23(3)20,15-10-6-4-7-11-15)16-12-8-5-9-13-16/h4-13,17H,1-3H3. The fraction of sp³-hybridized carbons (Fsp3) is 0.278. The summed E-state index contributed by atoms with van der Waals surface area (Å²) in [6, 6.07) is 19.0. The van der Waals surface area contributed by atoms with Crippen LogP contribution in [0.15, 0.2) is 60.7 Å². The molecule has 0 saturated heterocycles. The summed E-state index contributed by atoms with van der Waals surface area (Å²) in [6.07, 6.45) is 3.53. The molecule has 2 unspecified atom stereocenters. The van der Waals surface area contributed by atoms with Crippen molar-refractivity contribution in [1.82, 2.24) is 0 Å². The summed E-state index contributed by atoms with van der Waals surface area (Å²) in [5, 5.41) is 0. The molecule has 0 radical (unpaired) electrons. The van der Waals surface area contributed by atoms with Crippen molar-refractivity contribution >= 4 is 28.5 Å². The molecule has 0 heterocycles. The third-order valence-corrected chi connectivity index (χ3v) is 6.64. The minimum absolute atomic E-state index is 0.401. The molecule has 0 aromatic heterocycles. The number of esters is 1. The number of thioether (sulfide) groups is 1. The van der Waals surface area contributed by atoms with Crippen LogP contribution in [0.2, 0.25) is 0 Å². The monoisotopic (exact) mass is 348 g/mol. The van der Waals surface area contributed by atoms with Gasteiger partial charge in [-0.05, 0) is 6.26 Å². The maximum Gasteiger partial charge on any atom is 0.303 e. The molecule has 0 aliphatic heterocycles. The second-order valence-electron chi connectivity index (χ2n) is 5.13. The number of carbonyl (C=O) groups is 1. The van der Waals surface area contributed by atoms with Gasteiger partial charge in [0, 0.05) is 35.1 Å². The van der Waals surface area contributed by atoms with E-state index in [1.807, 2.05) is 66.9 Å². The smallest absolute Gasteiger partial charge is 0.303 e. The lowest BCUT2D eigenvalue weighted by Gasteiger charge is -2.39. The molecule has 2 aromatic rings. The van der Waals surface area contributed by atoms with Gasteiger partial charge in [-0.1, -0.05) is 60.7 Å². The summed E-state index contributed by atoms with van der Waals surface area (Å²) in [6.45, 7) is 1.39. The van der Waals surface area contributed by atoms with Gasteiger partial charge in [0.15, 0.2) is 5.60 Å². The Hall–Kier alpha value is -1.59. The average molecular weight is 348 g/mol. The summed E-state index contributed by atoms with van der Waals surface area (Å²) < 4.78 is 17.9. The average Bonchev–Trinajstić information content (AvgIpc) is 2.55. The summed E-state index contributed by atoms with van der Waals surface area (Å²) in [5.74, 6) is -0.401. The molecule has 0 saturated carbocycles. The third kappa shape index (κ3) is 3.67. The van der Waals surface area contributed by atoms with Crippen LogP contribution in [-0.2, 0) is 25.9 Å². The number of hydrogen-bond acceptors (Lipinski definition) is 4. The predicted molar refractivity (Wildman–Crippen MR) is 96.8 cm³/mol. The van der Waals surface area contributed by atoms with Gasteiger partial charge >= 0.3 is 5.97 Å². The van der Waals surface area contributed by atoms with Crippen LogP contribution in [0.25, 0.3) is 0 Å². The van der Waals surface area contributed by atoms with Gasteiger partial charge in [0.25, 0.3) is 0 Å². The zero-order valence-electron chi connectivity index (χ0n) is 13.4. The normalized spacial score (nSPS) is 14.0. The molecule has 23 heavy (non-hydrogen) atoms. The maximum atomic E-state index is 12.4. The van der Waals surface area contributed by atoms with Crippen LogP contribution in [0.3, 0.4) is 0 Å². The number of hydrogen-bond donors (Lipinski definition) is 0. The van der Waals surface area contributed by atoms with Gasteiger partial charge in [-0.15, -0.1) is 11.8 Å². The first-order valence-corrected chi connectivity index (χ1v) is 10.1. The molecule has 2 atom stereocenters. The van der Waals surface area contributed by atoms with E-state index in [0.717, 1.165) is 11.1 Å². The second kappa shape index (κ2) is 7.79. The fourth-order valence-electron chi connectivity index (χ4n) is 2.74. The van der Waals surface area contributed by atoms with Gasteiger partial charge < -0.3 is 4.74 Å². The van der Waals surface area contributed by atoms with Crippen LogP contribution in [0.4, 0.5) is 0 Å². The van der Waals surface area contributed by atoms with Gasteiger partial charge in [0.2, 0.25) is 0 Å². The summed E-state index contributed by atoms with van der Waals surface area (Å²) in [7, 11) is -1.20. The molecule has 2 rings (SSSR count). The van der Waals surface area contributed by atoms with Crippen LogP contribution in [0.5, 0.6) is 0 Å². The van der Waals surface area contributed by atoms with Crippen molar-refractivity contribution < 1.29 is 13.7 Å². The number of benzene rings is 2. The van der Waals surface area contributed by atoms with Crippen molar-refractivity contribution in [2.75, 3.05) is 12.5 Å². The largest absolute Gasteiger partial charge is 0.447 e. The zero-order chi connectivity index (χ0) is 16.9. The molecule has 3 nitrogen and oxygen atoms in total. The molecule has 0 amide bonds. The van der Waals surface area contributed by atoms with Gasteiger partial charge in [0.05, 0.1) is 0 Å². The van der Waals surface area contributed by atoms with Crippen LogP contribution >= 0.6 is 11.8 Å². The first kappa shape index (κ1) is 17.8. The Morgan fingerprint density at radius 1 is 1.04 bits per heavy atom. The summed E-state index contributed by atoms with van der Waals surface area (Å²) in [4.78, 5) is 11.9. The highest BCUT2D eigenvalue weighted by Crippen LogP contribution is 2.43. The van der Waals surface area contributed by atoms with E-state index in [-0.39, 0.29) is 0 Å². The lowest BCUT2D eigenvalue weighted by molar-refractivity contribution is -0.152. The van der Waals surface area contributed by atoms with E-state index in [1.54, 1.807) is 6.26 Å². The molecule has 122 valence electrons. The minimum atomic E-state index is -1.20. The van der Waals surface area contributed by atoms with Crippen molar-refractivity contribution in [3.05, 3.63) is 71.8 Å². The topological polar surface area (TPSA) is 43.4 Å².